The van der Waals surface area contributed by atoms with Gasteiger partial charge in [-0.1, -0.05) is 6.92 Å². The Morgan fingerprint density at radius 3 is 2.42 bits per heavy atom. The molecule has 138 valence electrons. The Morgan fingerprint density at radius 2 is 1.88 bits per heavy atom. The number of aromatic nitrogens is 1. The molecule has 0 saturated carbocycles. The van der Waals surface area contributed by atoms with E-state index in [1.165, 1.54) is 4.88 Å². The van der Waals surface area contributed by atoms with E-state index in [4.69, 9.17) is 0 Å². The van der Waals surface area contributed by atoms with Crippen LogP contribution in [0.25, 0.3) is 0 Å². The summed E-state index contributed by atoms with van der Waals surface area (Å²) in [5, 5.41) is 10.3. The molecular formula is C16H30IN5OS. The minimum absolute atomic E-state index is 0. The van der Waals surface area contributed by atoms with Crippen LogP contribution in [0.2, 0.25) is 0 Å². The van der Waals surface area contributed by atoms with Crippen molar-refractivity contribution in [1.29, 1.82) is 0 Å². The van der Waals surface area contributed by atoms with Gasteiger partial charge in [-0.2, -0.15) is 0 Å². The third kappa shape index (κ3) is 7.78. The van der Waals surface area contributed by atoms with Crippen LogP contribution in [0.1, 0.15) is 44.5 Å². The molecule has 1 amide bonds. The second-order valence-corrected chi connectivity index (χ2v) is 7.07. The molecular weight excluding hydrogens is 437 g/mol. The molecule has 0 radical (unpaired) electrons. The fraction of sp³-hybridized carbons (Fsp3) is 0.688. The molecule has 0 aliphatic heterocycles. The molecule has 0 atom stereocenters. The molecule has 8 heteroatoms. The zero-order chi connectivity index (χ0) is 17.3. The summed E-state index contributed by atoms with van der Waals surface area (Å²) in [7, 11) is 0. The third-order valence-electron chi connectivity index (χ3n) is 3.32. The van der Waals surface area contributed by atoms with E-state index in [0.29, 0.717) is 25.6 Å². The van der Waals surface area contributed by atoms with Gasteiger partial charge in [0, 0.05) is 30.7 Å². The number of hydrogen-bond donors (Lipinski definition) is 3. The molecule has 0 saturated heterocycles. The Bertz CT molecular complexity index is 530. The van der Waals surface area contributed by atoms with Crippen molar-refractivity contribution in [3.8, 4) is 0 Å². The van der Waals surface area contributed by atoms with Gasteiger partial charge in [0.2, 0.25) is 5.91 Å². The number of amides is 1. The van der Waals surface area contributed by atoms with Gasteiger partial charge in [-0.25, -0.2) is 9.98 Å². The first-order valence-corrected chi connectivity index (χ1v) is 8.98. The van der Waals surface area contributed by atoms with Crippen LogP contribution < -0.4 is 16.0 Å². The lowest BCUT2D eigenvalue weighted by Gasteiger charge is -2.24. The van der Waals surface area contributed by atoms with Gasteiger partial charge in [-0.05, 0) is 34.1 Å². The smallest absolute Gasteiger partial charge is 0.227 e. The van der Waals surface area contributed by atoms with Crippen molar-refractivity contribution in [1.82, 2.24) is 20.9 Å². The number of carbonyl (C=O) groups is 1. The second kappa shape index (κ2) is 11.6. The lowest BCUT2D eigenvalue weighted by molar-refractivity contribution is -0.128. The molecule has 6 nitrogen and oxygen atoms in total. The maximum absolute atomic E-state index is 12.0. The summed E-state index contributed by atoms with van der Waals surface area (Å²) in [5.41, 5.74) is -0.497. The van der Waals surface area contributed by atoms with Gasteiger partial charge in [0.05, 0.1) is 12.0 Å². The topological polar surface area (TPSA) is 78.4 Å². The maximum Gasteiger partial charge on any atom is 0.227 e. The first-order chi connectivity index (χ1) is 10.9. The summed E-state index contributed by atoms with van der Waals surface area (Å²) < 4.78 is 0. The zero-order valence-electron chi connectivity index (χ0n) is 15.2. The minimum atomic E-state index is -0.497. The molecule has 1 aromatic heterocycles. The molecule has 0 aliphatic rings. The highest BCUT2D eigenvalue weighted by Gasteiger charge is 2.27. The predicted molar refractivity (Wildman–Crippen MR) is 112 cm³/mol. The fourth-order valence-corrected chi connectivity index (χ4v) is 2.64. The normalized spacial score (nSPS) is 11.6. The largest absolute Gasteiger partial charge is 0.357 e. The number of aryl methyl sites for hydroxylation is 1. The number of halogens is 1. The monoisotopic (exact) mass is 467 g/mol. The molecule has 0 bridgehead atoms. The van der Waals surface area contributed by atoms with E-state index in [9.17, 15) is 4.79 Å². The van der Waals surface area contributed by atoms with E-state index >= 15 is 0 Å². The van der Waals surface area contributed by atoms with Crippen LogP contribution in [-0.4, -0.2) is 36.5 Å². The van der Waals surface area contributed by atoms with Crippen molar-refractivity contribution < 1.29 is 4.79 Å². The quantitative estimate of drug-likeness (QED) is 0.312. The highest BCUT2D eigenvalue weighted by atomic mass is 127. The van der Waals surface area contributed by atoms with E-state index < -0.39 is 5.41 Å². The van der Waals surface area contributed by atoms with Crippen molar-refractivity contribution in [3.05, 3.63) is 16.1 Å². The summed E-state index contributed by atoms with van der Waals surface area (Å²) >= 11 is 1.69. The van der Waals surface area contributed by atoms with Crippen LogP contribution >= 0.6 is 35.3 Å². The number of nitrogens with one attached hydrogen (secondary N) is 3. The summed E-state index contributed by atoms with van der Waals surface area (Å²) in [5.74, 6) is 0.744. The average molecular weight is 467 g/mol. The van der Waals surface area contributed by atoms with Gasteiger partial charge >= 0.3 is 0 Å². The van der Waals surface area contributed by atoms with Crippen LogP contribution in [0.4, 0.5) is 0 Å². The van der Waals surface area contributed by atoms with Crippen molar-refractivity contribution >= 4 is 47.2 Å². The highest BCUT2D eigenvalue weighted by Crippen LogP contribution is 2.15. The Kier molecular flexibility index (Phi) is 11.2. The molecule has 0 aliphatic carbocycles. The first-order valence-electron chi connectivity index (χ1n) is 8.17. The van der Waals surface area contributed by atoms with Crippen molar-refractivity contribution in [3.63, 3.8) is 0 Å². The highest BCUT2D eigenvalue weighted by molar-refractivity contribution is 14.0. The van der Waals surface area contributed by atoms with Gasteiger partial charge in [-0.15, -0.1) is 35.3 Å². The van der Waals surface area contributed by atoms with Crippen molar-refractivity contribution in [2.75, 3.05) is 19.6 Å². The molecule has 1 heterocycles. The van der Waals surface area contributed by atoms with Crippen LogP contribution in [-0.2, 0) is 17.8 Å². The Labute approximate surface area is 166 Å². The number of carbonyl (C=O) groups excluding carboxylic acids is 1. The summed E-state index contributed by atoms with van der Waals surface area (Å²) in [4.78, 5) is 22.2. The van der Waals surface area contributed by atoms with Crippen LogP contribution in [0.15, 0.2) is 11.2 Å². The molecule has 3 N–H and O–H groups in total. The number of aliphatic imine (C=N–C) groups is 1. The Balaban J connectivity index is 0.00000529. The van der Waals surface area contributed by atoms with Gasteiger partial charge in [0.1, 0.15) is 5.01 Å². The second-order valence-electron chi connectivity index (χ2n) is 5.87. The predicted octanol–water partition coefficient (Wildman–Crippen LogP) is 2.54. The number of hydrogen-bond acceptors (Lipinski definition) is 4. The van der Waals surface area contributed by atoms with Crippen molar-refractivity contribution in [2.24, 2.45) is 10.4 Å². The van der Waals surface area contributed by atoms with E-state index in [0.717, 1.165) is 18.0 Å². The standard InChI is InChI=1S/C16H29N5OS.HI/c1-6-12-9-19-13(23-12)10-20-15(18-8-3)21-11-16(4,5)14(22)17-7-2;/h9H,6-8,10-11H2,1-5H3,(H,17,22)(H2,18,20,21);1H. The number of nitrogens with zero attached hydrogens (tertiary/aromatic N) is 2. The first kappa shape index (κ1) is 23.1. The van der Waals surface area contributed by atoms with Crippen LogP contribution in [0.5, 0.6) is 0 Å². The molecule has 1 rings (SSSR count). The number of rotatable bonds is 8. The SMILES string of the molecule is CCNC(=O)C(C)(C)CNC(=NCc1ncc(CC)s1)NCC.I. The molecule has 0 unspecified atom stereocenters. The maximum atomic E-state index is 12.0. The molecule has 0 aromatic carbocycles. The summed E-state index contributed by atoms with van der Waals surface area (Å²) in [6.07, 6.45) is 2.91. The van der Waals surface area contributed by atoms with Crippen LogP contribution in [0, 0.1) is 5.41 Å². The van der Waals surface area contributed by atoms with E-state index in [1.54, 1.807) is 11.3 Å². The van der Waals surface area contributed by atoms with E-state index in [1.807, 2.05) is 33.9 Å². The summed E-state index contributed by atoms with van der Waals surface area (Å²) in [6, 6.07) is 0. The van der Waals surface area contributed by atoms with Crippen LogP contribution in [0.3, 0.4) is 0 Å². The zero-order valence-corrected chi connectivity index (χ0v) is 18.4. The average Bonchev–Trinajstić information content (AvgIpc) is 2.98. The Hall–Kier alpha value is -0.900. The van der Waals surface area contributed by atoms with Crippen molar-refractivity contribution in [2.45, 2.75) is 47.6 Å². The van der Waals surface area contributed by atoms with Gasteiger partial charge in [0.25, 0.3) is 0 Å². The molecule has 0 fully saturated rings. The Morgan fingerprint density at radius 1 is 1.21 bits per heavy atom. The molecule has 0 spiro atoms. The number of guanidine groups is 1. The number of thiazole rings is 1. The summed E-state index contributed by atoms with van der Waals surface area (Å²) in [6.45, 7) is 12.4. The van der Waals surface area contributed by atoms with Gasteiger partial charge < -0.3 is 16.0 Å². The lowest BCUT2D eigenvalue weighted by atomic mass is 9.92. The fourth-order valence-electron chi connectivity index (χ4n) is 1.86. The lowest BCUT2D eigenvalue weighted by Crippen LogP contribution is -2.47. The third-order valence-corrected chi connectivity index (χ3v) is 4.44. The van der Waals surface area contributed by atoms with E-state index in [2.05, 4.69) is 32.9 Å². The minimum Gasteiger partial charge on any atom is -0.357 e. The van der Waals surface area contributed by atoms with Gasteiger partial charge in [-0.3, -0.25) is 4.79 Å². The van der Waals surface area contributed by atoms with E-state index in [-0.39, 0.29) is 29.9 Å². The molecule has 1 aromatic rings. The molecule has 24 heavy (non-hydrogen) atoms. The van der Waals surface area contributed by atoms with Gasteiger partial charge in [0.15, 0.2) is 5.96 Å².